The average molecular weight is 295 g/mol. The topological polar surface area (TPSA) is 44.1 Å². The number of nitrogens with zero attached hydrogens (tertiary/aromatic N) is 2. The van der Waals surface area contributed by atoms with Crippen molar-refractivity contribution < 1.29 is 9.53 Å². The number of methoxy groups -OCH3 is 1. The zero-order valence-corrected chi connectivity index (χ0v) is 11.1. The van der Waals surface area contributed by atoms with Crippen LogP contribution in [0.3, 0.4) is 0 Å². The van der Waals surface area contributed by atoms with Crippen LogP contribution in [0.25, 0.3) is 11.3 Å². The van der Waals surface area contributed by atoms with Crippen LogP contribution >= 0.6 is 15.9 Å². The van der Waals surface area contributed by atoms with E-state index >= 15 is 0 Å². The highest BCUT2D eigenvalue weighted by Crippen LogP contribution is 2.30. The molecule has 0 spiro atoms. The second-order valence-electron chi connectivity index (χ2n) is 3.52. The van der Waals surface area contributed by atoms with Crippen molar-refractivity contribution in [2.45, 2.75) is 0 Å². The lowest BCUT2D eigenvalue weighted by molar-refractivity contribution is 0.111. The number of aromatic nitrogens is 2. The van der Waals surface area contributed by atoms with Crippen LogP contribution in [0.5, 0.6) is 5.75 Å². The third-order valence-electron chi connectivity index (χ3n) is 2.51. The number of benzene rings is 1. The van der Waals surface area contributed by atoms with E-state index in [2.05, 4.69) is 21.0 Å². The Labute approximate surface area is 107 Å². The predicted octanol–water partition coefficient (Wildman–Crippen LogP) is 2.67. The Bertz CT molecular complexity index is 546. The molecule has 88 valence electrons. The van der Waals surface area contributed by atoms with E-state index in [4.69, 9.17) is 4.74 Å². The van der Waals surface area contributed by atoms with Crippen LogP contribution < -0.4 is 4.74 Å². The summed E-state index contributed by atoms with van der Waals surface area (Å²) < 4.78 is 7.35. The average Bonchev–Trinajstić information content (AvgIpc) is 2.64. The van der Waals surface area contributed by atoms with Crippen molar-refractivity contribution in [1.29, 1.82) is 0 Å². The molecule has 0 amide bonds. The molecule has 0 radical (unpaired) electrons. The van der Waals surface area contributed by atoms with Gasteiger partial charge < -0.3 is 4.74 Å². The first kappa shape index (κ1) is 11.9. The minimum atomic E-state index is 0.524. The van der Waals surface area contributed by atoms with Crippen LogP contribution in [0.15, 0.2) is 28.7 Å². The van der Waals surface area contributed by atoms with Gasteiger partial charge >= 0.3 is 0 Å². The summed E-state index contributed by atoms with van der Waals surface area (Å²) in [7, 11) is 3.36. The molecule has 0 saturated carbocycles. The number of halogens is 1. The van der Waals surface area contributed by atoms with Gasteiger partial charge in [-0.2, -0.15) is 5.10 Å². The lowest BCUT2D eigenvalue weighted by Crippen LogP contribution is -1.96. The summed E-state index contributed by atoms with van der Waals surface area (Å²) in [6.07, 6.45) is 0.782. The van der Waals surface area contributed by atoms with Gasteiger partial charge in [0.25, 0.3) is 0 Å². The van der Waals surface area contributed by atoms with E-state index in [0.717, 1.165) is 23.3 Å². The molecule has 1 heterocycles. The Balaban J connectivity index is 2.49. The SMILES string of the molecule is COc1ccc(-c2nn(C)c(C=O)c2Br)cc1. The van der Waals surface area contributed by atoms with Gasteiger partial charge in [-0.3, -0.25) is 9.48 Å². The second kappa shape index (κ2) is 4.71. The van der Waals surface area contributed by atoms with E-state index < -0.39 is 0 Å². The summed E-state index contributed by atoms with van der Waals surface area (Å²) in [4.78, 5) is 10.9. The van der Waals surface area contributed by atoms with Crippen molar-refractivity contribution >= 4 is 22.2 Å². The number of hydrogen-bond acceptors (Lipinski definition) is 3. The van der Waals surface area contributed by atoms with Gasteiger partial charge in [-0.25, -0.2) is 0 Å². The molecule has 0 unspecified atom stereocenters. The Morgan fingerprint density at radius 3 is 2.47 bits per heavy atom. The zero-order valence-electron chi connectivity index (χ0n) is 9.48. The van der Waals surface area contributed by atoms with Gasteiger partial charge in [0.05, 0.1) is 11.6 Å². The minimum Gasteiger partial charge on any atom is -0.497 e. The van der Waals surface area contributed by atoms with Crippen LogP contribution in [0.2, 0.25) is 0 Å². The molecule has 2 aromatic rings. The predicted molar refractivity (Wildman–Crippen MR) is 68.3 cm³/mol. The summed E-state index contributed by atoms with van der Waals surface area (Å²) in [6.45, 7) is 0. The Hall–Kier alpha value is -1.62. The summed E-state index contributed by atoms with van der Waals surface area (Å²) >= 11 is 3.39. The highest BCUT2D eigenvalue weighted by Gasteiger charge is 2.14. The molecule has 0 aliphatic heterocycles. The fraction of sp³-hybridized carbons (Fsp3) is 0.167. The van der Waals surface area contributed by atoms with E-state index in [9.17, 15) is 4.79 Å². The van der Waals surface area contributed by atoms with Crippen LogP contribution in [0.4, 0.5) is 0 Å². The first-order chi connectivity index (χ1) is 8.17. The zero-order chi connectivity index (χ0) is 12.4. The van der Waals surface area contributed by atoms with Crippen molar-refractivity contribution in [3.05, 3.63) is 34.4 Å². The first-order valence-electron chi connectivity index (χ1n) is 4.99. The summed E-state index contributed by atoms with van der Waals surface area (Å²) in [5.74, 6) is 0.788. The van der Waals surface area contributed by atoms with Crippen molar-refractivity contribution in [3.63, 3.8) is 0 Å². The number of aryl methyl sites for hydroxylation is 1. The van der Waals surface area contributed by atoms with Crippen molar-refractivity contribution in [2.75, 3.05) is 7.11 Å². The summed E-state index contributed by atoms with van der Waals surface area (Å²) in [5, 5.41) is 4.30. The molecule has 17 heavy (non-hydrogen) atoms. The molecule has 2 rings (SSSR count). The second-order valence-corrected chi connectivity index (χ2v) is 4.31. The van der Waals surface area contributed by atoms with Crippen molar-refractivity contribution in [3.8, 4) is 17.0 Å². The third-order valence-corrected chi connectivity index (χ3v) is 3.29. The lowest BCUT2D eigenvalue weighted by Gasteiger charge is -2.01. The fourth-order valence-electron chi connectivity index (χ4n) is 1.57. The minimum absolute atomic E-state index is 0.524. The van der Waals surface area contributed by atoms with E-state index in [-0.39, 0.29) is 0 Å². The largest absolute Gasteiger partial charge is 0.497 e. The molecule has 1 aromatic heterocycles. The monoisotopic (exact) mass is 294 g/mol. The van der Waals surface area contributed by atoms with Crippen molar-refractivity contribution in [2.24, 2.45) is 7.05 Å². The molecule has 0 N–H and O–H groups in total. The maximum atomic E-state index is 10.9. The lowest BCUT2D eigenvalue weighted by atomic mass is 10.1. The van der Waals surface area contributed by atoms with Crippen LogP contribution in [0.1, 0.15) is 10.5 Å². The maximum Gasteiger partial charge on any atom is 0.169 e. The Morgan fingerprint density at radius 1 is 1.35 bits per heavy atom. The van der Waals surface area contributed by atoms with Gasteiger partial charge in [0.2, 0.25) is 0 Å². The quantitative estimate of drug-likeness (QED) is 0.818. The number of carbonyl (C=O) groups is 1. The number of aldehydes is 1. The van der Waals surface area contributed by atoms with Gasteiger partial charge in [0.1, 0.15) is 17.1 Å². The number of carbonyl (C=O) groups excluding carboxylic acids is 1. The van der Waals surface area contributed by atoms with Crippen LogP contribution in [-0.2, 0) is 7.05 Å². The molecular weight excluding hydrogens is 284 g/mol. The maximum absolute atomic E-state index is 10.9. The van der Waals surface area contributed by atoms with Crippen LogP contribution in [-0.4, -0.2) is 23.2 Å². The smallest absolute Gasteiger partial charge is 0.169 e. The molecule has 1 aromatic carbocycles. The van der Waals surface area contributed by atoms with E-state index in [0.29, 0.717) is 10.2 Å². The Kier molecular flexibility index (Phi) is 3.28. The molecule has 0 saturated heterocycles. The highest BCUT2D eigenvalue weighted by molar-refractivity contribution is 9.10. The molecule has 0 bridgehead atoms. The van der Waals surface area contributed by atoms with Gasteiger partial charge in [-0.1, -0.05) is 0 Å². The van der Waals surface area contributed by atoms with E-state index in [1.54, 1.807) is 18.8 Å². The van der Waals surface area contributed by atoms with Gasteiger partial charge in [-0.15, -0.1) is 0 Å². The fourth-order valence-corrected chi connectivity index (χ4v) is 2.23. The third kappa shape index (κ3) is 2.10. The highest BCUT2D eigenvalue weighted by atomic mass is 79.9. The molecular formula is C12H11BrN2O2. The molecule has 5 heteroatoms. The van der Waals surface area contributed by atoms with Gasteiger partial charge in [0, 0.05) is 12.6 Å². The standard InChI is InChI=1S/C12H11BrN2O2/c1-15-10(7-16)11(13)12(14-15)8-3-5-9(17-2)6-4-8/h3-7H,1-2H3. The van der Waals surface area contributed by atoms with E-state index in [1.807, 2.05) is 24.3 Å². The summed E-state index contributed by atoms with van der Waals surface area (Å²) in [6, 6.07) is 7.52. The summed E-state index contributed by atoms with van der Waals surface area (Å²) in [5.41, 5.74) is 2.20. The Morgan fingerprint density at radius 2 is 2.00 bits per heavy atom. The van der Waals surface area contributed by atoms with Gasteiger partial charge in [0.15, 0.2) is 6.29 Å². The molecule has 0 aliphatic rings. The number of ether oxygens (including phenoxy) is 1. The number of hydrogen-bond donors (Lipinski definition) is 0. The first-order valence-corrected chi connectivity index (χ1v) is 5.78. The molecule has 0 fully saturated rings. The molecule has 4 nitrogen and oxygen atoms in total. The van der Waals surface area contributed by atoms with E-state index in [1.165, 1.54) is 0 Å². The normalized spacial score (nSPS) is 10.3. The molecule has 0 aliphatic carbocycles. The number of rotatable bonds is 3. The molecule has 0 atom stereocenters. The van der Waals surface area contributed by atoms with Crippen molar-refractivity contribution in [1.82, 2.24) is 9.78 Å². The van der Waals surface area contributed by atoms with Gasteiger partial charge in [-0.05, 0) is 40.2 Å². The van der Waals surface area contributed by atoms with Crippen LogP contribution in [0, 0.1) is 0 Å².